The molecule has 0 aromatic carbocycles. The molecule has 0 fully saturated rings. The van der Waals surface area contributed by atoms with Crippen LogP contribution in [0, 0.1) is 0 Å². The summed E-state index contributed by atoms with van der Waals surface area (Å²) in [5, 5.41) is 0. The summed E-state index contributed by atoms with van der Waals surface area (Å²) >= 11 is 0. The maximum Gasteiger partial charge on any atom is 0.101 e. The van der Waals surface area contributed by atoms with Gasteiger partial charge in [0.05, 0.1) is 0 Å². The van der Waals surface area contributed by atoms with E-state index in [1.54, 1.807) is 0 Å². The molecule has 0 spiro atoms. The van der Waals surface area contributed by atoms with Crippen LogP contribution in [0.5, 0.6) is 0 Å². The van der Waals surface area contributed by atoms with Crippen LogP contribution in [0.4, 0.5) is 0 Å². The summed E-state index contributed by atoms with van der Waals surface area (Å²) in [6.07, 6.45) is 36.6. The summed E-state index contributed by atoms with van der Waals surface area (Å²) in [7, 11) is 0. The SMILES string of the molecule is CCCCCCCCCCCCCCCCN1C=CN(CCCCCCC)C1CCCC. The van der Waals surface area contributed by atoms with E-state index in [0.29, 0.717) is 6.17 Å². The van der Waals surface area contributed by atoms with E-state index in [9.17, 15) is 0 Å². The highest BCUT2D eigenvalue weighted by Crippen LogP contribution is 2.23. The van der Waals surface area contributed by atoms with Gasteiger partial charge in [-0.1, -0.05) is 136 Å². The Kier molecular flexibility index (Phi) is 20.3. The molecule has 0 bridgehead atoms. The zero-order valence-corrected chi connectivity index (χ0v) is 22.6. The second-order valence-electron chi connectivity index (χ2n) is 10.4. The van der Waals surface area contributed by atoms with Gasteiger partial charge < -0.3 is 9.80 Å². The molecular formula is C30H60N2. The van der Waals surface area contributed by atoms with Crippen molar-refractivity contribution in [2.75, 3.05) is 13.1 Å². The lowest BCUT2D eigenvalue weighted by Crippen LogP contribution is -2.39. The molecule has 1 aliphatic heterocycles. The molecule has 0 aromatic rings. The third-order valence-corrected chi connectivity index (χ3v) is 7.32. The third-order valence-electron chi connectivity index (χ3n) is 7.32. The third kappa shape index (κ3) is 15.2. The Labute approximate surface area is 203 Å². The van der Waals surface area contributed by atoms with Crippen molar-refractivity contribution in [1.29, 1.82) is 0 Å². The van der Waals surface area contributed by atoms with Crippen LogP contribution in [0.25, 0.3) is 0 Å². The highest BCUT2D eigenvalue weighted by molar-refractivity contribution is 4.96. The zero-order valence-electron chi connectivity index (χ0n) is 22.6. The lowest BCUT2D eigenvalue weighted by atomic mass is 10.0. The first kappa shape index (κ1) is 29.4. The maximum absolute atomic E-state index is 2.65. The van der Waals surface area contributed by atoms with E-state index >= 15 is 0 Å². The van der Waals surface area contributed by atoms with Gasteiger partial charge in [-0.15, -0.1) is 0 Å². The van der Waals surface area contributed by atoms with E-state index in [0.717, 1.165) is 0 Å². The van der Waals surface area contributed by atoms with Crippen molar-refractivity contribution in [2.45, 2.75) is 168 Å². The highest BCUT2D eigenvalue weighted by Gasteiger charge is 2.24. The van der Waals surface area contributed by atoms with E-state index in [-0.39, 0.29) is 0 Å². The maximum atomic E-state index is 2.65. The molecule has 0 aromatic heterocycles. The first-order valence-electron chi connectivity index (χ1n) is 15.0. The predicted octanol–water partition coefficient (Wildman–Crippen LogP) is 10.0. The molecule has 0 amide bonds. The van der Waals surface area contributed by atoms with Gasteiger partial charge in [-0.25, -0.2) is 0 Å². The van der Waals surface area contributed by atoms with E-state index in [4.69, 9.17) is 0 Å². The van der Waals surface area contributed by atoms with Crippen LogP contribution in [-0.4, -0.2) is 29.1 Å². The zero-order chi connectivity index (χ0) is 23.1. The summed E-state index contributed by atoms with van der Waals surface area (Å²) in [5.74, 6) is 0. The van der Waals surface area contributed by atoms with Crippen molar-refractivity contribution in [2.24, 2.45) is 0 Å². The predicted molar refractivity (Wildman–Crippen MR) is 145 cm³/mol. The Morgan fingerprint density at radius 1 is 0.406 bits per heavy atom. The van der Waals surface area contributed by atoms with Crippen LogP contribution < -0.4 is 0 Å². The summed E-state index contributed by atoms with van der Waals surface area (Å²) in [6.45, 7) is 9.45. The molecule has 2 heteroatoms. The average Bonchev–Trinajstić information content (AvgIpc) is 3.19. The normalized spacial score (nSPS) is 15.9. The topological polar surface area (TPSA) is 6.48 Å². The fourth-order valence-electron chi connectivity index (χ4n) is 5.11. The number of hydrogen-bond donors (Lipinski definition) is 0. The summed E-state index contributed by atoms with van der Waals surface area (Å²) in [5.41, 5.74) is 0. The lowest BCUT2D eigenvalue weighted by molar-refractivity contribution is 0.136. The van der Waals surface area contributed by atoms with Crippen LogP contribution in [0.3, 0.4) is 0 Å². The van der Waals surface area contributed by atoms with Gasteiger partial charge in [-0.2, -0.15) is 0 Å². The second kappa shape index (κ2) is 22.1. The number of hydrogen-bond acceptors (Lipinski definition) is 2. The molecule has 1 atom stereocenters. The van der Waals surface area contributed by atoms with Gasteiger partial charge in [0.2, 0.25) is 0 Å². The van der Waals surface area contributed by atoms with Crippen LogP contribution in [0.2, 0.25) is 0 Å². The van der Waals surface area contributed by atoms with Crippen molar-refractivity contribution >= 4 is 0 Å². The molecule has 1 heterocycles. The van der Waals surface area contributed by atoms with Gasteiger partial charge in [-0.05, 0) is 25.7 Å². The molecule has 1 rings (SSSR count). The van der Waals surface area contributed by atoms with E-state index < -0.39 is 0 Å². The first-order valence-corrected chi connectivity index (χ1v) is 15.0. The molecular weight excluding hydrogens is 388 g/mol. The van der Waals surface area contributed by atoms with Crippen molar-refractivity contribution in [3.05, 3.63) is 12.4 Å². The summed E-state index contributed by atoms with van der Waals surface area (Å²) in [6, 6.07) is 0. The Morgan fingerprint density at radius 2 is 0.719 bits per heavy atom. The largest absolute Gasteiger partial charge is 0.356 e. The summed E-state index contributed by atoms with van der Waals surface area (Å²) < 4.78 is 0. The molecule has 0 saturated heterocycles. The van der Waals surface area contributed by atoms with Crippen molar-refractivity contribution in [3.8, 4) is 0 Å². The molecule has 2 nitrogen and oxygen atoms in total. The van der Waals surface area contributed by atoms with Crippen LogP contribution in [0.1, 0.15) is 162 Å². The molecule has 32 heavy (non-hydrogen) atoms. The molecule has 0 N–H and O–H groups in total. The smallest absolute Gasteiger partial charge is 0.101 e. The van der Waals surface area contributed by atoms with E-state index in [2.05, 4.69) is 43.0 Å². The van der Waals surface area contributed by atoms with Crippen LogP contribution >= 0.6 is 0 Å². The average molecular weight is 449 g/mol. The van der Waals surface area contributed by atoms with Crippen molar-refractivity contribution < 1.29 is 0 Å². The fraction of sp³-hybridized carbons (Fsp3) is 0.933. The van der Waals surface area contributed by atoms with E-state index in [1.165, 1.54) is 154 Å². The van der Waals surface area contributed by atoms with Crippen LogP contribution in [0.15, 0.2) is 12.4 Å². The molecule has 190 valence electrons. The quantitative estimate of drug-likeness (QED) is 0.135. The second-order valence-corrected chi connectivity index (χ2v) is 10.4. The molecule has 1 aliphatic rings. The van der Waals surface area contributed by atoms with Gasteiger partial charge in [0.1, 0.15) is 6.17 Å². The number of rotatable bonds is 24. The molecule has 0 saturated carbocycles. The Hall–Kier alpha value is -0.660. The number of unbranched alkanes of at least 4 members (excludes halogenated alkanes) is 18. The monoisotopic (exact) mass is 448 g/mol. The van der Waals surface area contributed by atoms with Gasteiger partial charge in [0.15, 0.2) is 0 Å². The minimum atomic E-state index is 0.642. The van der Waals surface area contributed by atoms with E-state index in [1.807, 2.05) is 0 Å². The van der Waals surface area contributed by atoms with Crippen molar-refractivity contribution in [3.63, 3.8) is 0 Å². The molecule has 0 aliphatic carbocycles. The fourth-order valence-corrected chi connectivity index (χ4v) is 5.11. The molecule has 1 unspecified atom stereocenters. The van der Waals surface area contributed by atoms with Gasteiger partial charge in [0, 0.05) is 25.5 Å². The Morgan fingerprint density at radius 3 is 1.06 bits per heavy atom. The molecule has 0 radical (unpaired) electrons. The highest BCUT2D eigenvalue weighted by atomic mass is 15.4. The van der Waals surface area contributed by atoms with Crippen molar-refractivity contribution in [1.82, 2.24) is 9.80 Å². The van der Waals surface area contributed by atoms with Gasteiger partial charge >= 0.3 is 0 Å². The standard InChI is InChI=1S/C30H60N2/c1-4-7-10-12-13-14-15-16-17-18-19-20-22-24-27-32-29-28-31(30(32)25-9-6-3)26-23-21-11-8-5-2/h28-30H,4-27H2,1-3H3. The minimum absolute atomic E-state index is 0.642. The van der Waals surface area contributed by atoms with Crippen LogP contribution in [-0.2, 0) is 0 Å². The summed E-state index contributed by atoms with van der Waals surface area (Å²) in [4.78, 5) is 5.30. The Balaban J connectivity index is 2.02. The Bertz CT molecular complexity index is 406. The minimum Gasteiger partial charge on any atom is -0.356 e. The lowest BCUT2D eigenvalue weighted by Gasteiger charge is -2.33. The first-order chi connectivity index (χ1) is 15.8. The van der Waals surface area contributed by atoms with Gasteiger partial charge in [-0.3, -0.25) is 0 Å². The van der Waals surface area contributed by atoms with Gasteiger partial charge in [0.25, 0.3) is 0 Å². The number of nitrogens with zero attached hydrogens (tertiary/aromatic N) is 2.